The van der Waals surface area contributed by atoms with Crippen molar-refractivity contribution in [2.75, 3.05) is 43.8 Å². The second kappa shape index (κ2) is 9.01. The molecule has 0 unspecified atom stereocenters. The molecule has 1 amide bonds. The molecule has 25 heavy (non-hydrogen) atoms. The summed E-state index contributed by atoms with van der Waals surface area (Å²) in [5, 5.41) is 6.75. The zero-order chi connectivity index (χ0) is 17.5. The Labute approximate surface area is 149 Å². The molecule has 138 valence electrons. The molecule has 2 atom stereocenters. The molecule has 0 spiro atoms. The van der Waals surface area contributed by atoms with Gasteiger partial charge in [0.1, 0.15) is 5.82 Å². The highest BCUT2D eigenvalue weighted by Crippen LogP contribution is 2.17. The Kier molecular flexibility index (Phi) is 6.47. The Morgan fingerprint density at radius 2 is 2.20 bits per heavy atom. The fourth-order valence-corrected chi connectivity index (χ4v) is 3.47. The number of pyridine rings is 1. The smallest absolute Gasteiger partial charge is 0.236 e. The van der Waals surface area contributed by atoms with Gasteiger partial charge in [-0.3, -0.25) is 4.79 Å². The first kappa shape index (κ1) is 17.9. The number of aromatic nitrogens is 1. The molecule has 7 heteroatoms. The van der Waals surface area contributed by atoms with Crippen molar-refractivity contribution in [2.45, 2.75) is 44.2 Å². The molecule has 2 saturated heterocycles. The van der Waals surface area contributed by atoms with Crippen LogP contribution >= 0.6 is 0 Å². The molecule has 7 nitrogen and oxygen atoms in total. The van der Waals surface area contributed by atoms with Gasteiger partial charge in [0.05, 0.1) is 24.5 Å². The number of nitrogens with zero attached hydrogens (tertiary/aromatic N) is 2. The van der Waals surface area contributed by atoms with Crippen molar-refractivity contribution < 1.29 is 9.53 Å². The Bertz CT molecular complexity index is 545. The summed E-state index contributed by atoms with van der Waals surface area (Å²) in [7, 11) is 0. The van der Waals surface area contributed by atoms with Crippen LogP contribution < -0.4 is 16.4 Å². The van der Waals surface area contributed by atoms with E-state index in [-0.39, 0.29) is 12.0 Å². The number of likely N-dealkylation sites (tertiary alicyclic amines) is 1. The maximum absolute atomic E-state index is 12.4. The molecule has 2 aliphatic heterocycles. The molecule has 2 fully saturated rings. The normalized spacial score (nSPS) is 24.1. The van der Waals surface area contributed by atoms with Gasteiger partial charge in [0.15, 0.2) is 0 Å². The molecule has 1 aromatic heterocycles. The number of anilines is 2. The summed E-state index contributed by atoms with van der Waals surface area (Å²) in [5.41, 5.74) is 6.60. The van der Waals surface area contributed by atoms with Gasteiger partial charge in [-0.05, 0) is 44.2 Å². The fraction of sp³-hybridized carbons (Fsp3) is 0.667. The van der Waals surface area contributed by atoms with Crippen LogP contribution in [0.2, 0.25) is 0 Å². The van der Waals surface area contributed by atoms with Crippen LogP contribution in [-0.2, 0) is 9.53 Å². The largest absolute Gasteiger partial charge is 0.384 e. The third-order valence-corrected chi connectivity index (χ3v) is 4.91. The van der Waals surface area contributed by atoms with Crippen molar-refractivity contribution >= 4 is 17.4 Å². The van der Waals surface area contributed by atoms with Gasteiger partial charge in [-0.15, -0.1) is 0 Å². The van der Waals surface area contributed by atoms with Crippen LogP contribution in [-0.4, -0.2) is 60.7 Å². The van der Waals surface area contributed by atoms with Gasteiger partial charge in [0.2, 0.25) is 5.91 Å². The van der Waals surface area contributed by atoms with Crippen LogP contribution in [0.4, 0.5) is 11.5 Å². The van der Waals surface area contributed by atoms with Gasteiger partial charge in [-0.25, -0.2) is 4.98 Å². The summed E-state index contributed by atoms with van der Waals surface area (Å²) in [6.45, 7) is 3.65. The first-order chi connectivity index (χ1) is 12.2. The van der Waals surface area contributed by atoms with E-state index >= 15 is 0 Å². The highest BCUT2D eigenvalue weighted by Gasteiger charge is 2.21. The van der Waals surface area contributed by atoms with Crippen LogP contribution in [0, 0.1) is 0 Å². The summed E-state index contributed by atoms with van der Waals surface area (Å²) in [4.78, 5) is 18.5. The molecule has 0 aliphatic carbocycles. The summed E-state index contributed by atoms with van der Waals surface area (Å²) in [5.74, 6) is 0.714. The number of ether oxygens (including phenoxy) is 1. The highest BCUT2D eigenvalue weighted by molar-refractivity contribution is 5.78. The zero-order valence-electron chi connectivity index (χ0n) is 14.7. The zero-order valence-corrected chi connectivity index (χ0v) is 14.7. The van der Waals surface area contributed by atoms with Crippen molar-refractivity contribution in [2.24, 2.45) is 0 Å². The van der Waals surface area contributed by atoms with E-state index in [1.807, 2.05) is 11.0 Å². The first-order valence-electron chi connectivity index (χ1n) is 9.29. The van der Waals surface area contributed by atoms with Crippen LogP contribution in [0.3, 0.4) is 0 Å². The number of amides is 1. The lowest BCUT2D eigenvalue weighted by atomic mass is 10.1. The van der Waals surface area contributed by atoms with E-state index in [2.05, 4.69) is 15.6 Å². The van der Waals surface area contributed by atoms with E-state index in [0.29, 0.717) is 18.4 Å². The lowest BCUT2D eigenvalue weighted by molar-refractivity contribution is -0.130. The lowest BCUT2D eigenvalue weighted by Gasteiger charge is -2.22. The van der Waals surface area contributed by atoms with Gasteiger partial charge >= 0.3 is 0 Å². The van der Waals surface area contributed by atoms with Gasteiger partial charge in [0.25, 0.3) is 0 Å². The van der Waals surface area contributed by atoms with E-state index in [1.165, 1.54) is 0 Å². The van der Waals surface area contributed by atoms with Crippen LogP contribution in [0.15, 0.2) is 18.3 Å². The number of hydrogen-bond acceptors (Lipinski definition) is 6. The van der Waals surface area contributed by atoms with E-state index in [4.69, 9.17) is 10.5 Å². The predicted octanol–water partition coefficient (Wildman–Crippen LogP) is 1.23. The van der Waals surface area contributed by atoms with Crippen molar-refractivity contribution in [1.82, 2.24) is 15.2 Å². The average molecular weight is 347 g/mol. The molecule has 0 radical (unpaired) electrons. The first-order valence-corrected chi connectivity index (χ1v) is 9.29. The molecule has 0 saturated carbocycles. The molecule has 3 rings (SSSR count). The molecular formula is C18H29N5O2. The minimum Gasteiger partial charge on any atom is -0.384 e. The summed E-state index contributed by atoms with van der Waals surface area (Å²) < 4.78 is 5.57. The Morgan fingerprint density at radius 1 is 1.28 bits per heavy atom. The molecule has 3 heterocycles. The van der Waals surface area contributed by atoms with E-state index in [9.17, 15) is 4.79 Å². The van der Waals surface area contributed by atoms with Crippen molar-refractivity contribution in [3.8, 4) is 0 Å². The van der Waals surface area contributed by atoms with Gasteiger partial charge < -0.3 is 26.0 Å². The maximum Gasteiger partial charge on any atom is 0.236 e. The molecule has 4 N–H and O–H groups in total. The Balaban J connectivity index is 1.39. The molecular weight excluding hydrogens is 318 g/mol. The van der Waals surface area contributed by atoms with Crippen molar-refractivity contribution in [3.05, 3.63) is 18.3 Å². The number of carbonyl (C=O) groups excluding carboxylic acids is 1. The van der Waals surface area contributed by atoms with E-state index in [1.54, 1.807) is 12.3 Å². The third-order valence-electron chi connectivity index (χ3n) is 4.91. The summed E-state index contributed by atoms with van der Waals surface area (Å²) in [6, 6.07) is 4.11. The maximum atomic E-state index is 12.4. The fourth-order valence-electron chi connectivity index (χ4n) is 3.47. The minimum absolute atomic E-state index is 0.188. The number of rotatable bonds is 6. The molecule has 0 aromatic carbocycles. The van der Waals surface area contributed by atoms with E-state index in [0.717, 1.165) is 64.0 Å². The van der Waals surface area contributed by atoms with Gasteiger partial charge in [-0.2, -0.15) is 0 Å². The monoisotopic (exact) mass is 347 g/mol. The van der Waals surface area contributed by atoms with E-state index < -0.39 is 0 Å². The predicted molar refractivity (Wildman–Crippen MR) is 98.3 cm³/mol. The quantitative estimate of drug-likeness (QED) is 0.717. The lowest BCUT2D eigenvalue weighted by Crippen LogP contribution is -2.41. The van der Waals surface area contributed by atoms with Gasteiger partial charge in [0, 0.05) is 32.3 Å². The van der Waals surface area contributed by atoms with Crippen molar-refractivity contribution in [1.29, 1.82) is 0 Å². The topological polar surface area (TPSA) is 92.5 Å². The number of carbonyl (C=O) groups is 1. The Morgan fingerprint density at radius 3 is 2.96 bits per heavy atom. The standard InChI is InChI=1S/C18H29N5O2/c19-17-6-5-15(11-21-17)22-14-3-1-8-23(9-7-14)18(24)13-20-12-16-4-2-10-25-16/h5-6,11,14,16,20,22H,1-4,7-10,12-13H2,(H2,19,21)/t14-,16+/m1/s1. The summed E-state index contributed by atoms with van der Waals surface area (Å²) in [6.07, 6.45) is 7.27. The van der Waals surface area contributed by atoms with Crippen LogP contribution in [0.1, 0.15) is 32.1 Å². The SMILES string of the molecule is Nc1ccc(N[C@@H]2CCCN(C(=O)CNC[C@@H]3CCCO3)CC2)cn1. The second-order valence-electron chi connectivity index (χ2n) is 6.89. The highest BCUT2D eigenvalue weighted by atomic mass is 16.5. The minimum atomic E-state index is 0.188. The second-order valence-corrected chi connectivity index (χ2v) is 6.89. The van der Waals surface area contributed by atoms with Crippen LogP contribution in [0.25, 0.3) is 0 Å². The average Bonchev–Trinajstić information content (AvgIpc) is 3.02. The molecule has 2 aliphatic rings. The molecule has 1 aromatic rings. The summed E-state index contributed by atoms with van der Waals surface area (Å²) >= 11 is 0. The number of nitrogens with two attached hydrogens (primary N) is 1. The van der Waals surface area contributed by atoms with Crippen molar-refractivity contribution in [3.63, 3.8) is 0 Å². The van der Waals surface area contributed by atoms with Gasteiger partial charge in [-0.1, -0.05) is 0 Å². The number of nitrogens with one attached hydrogen (secondary N) is 2. The number of nitrogen functional groups attached to an aromatic ring is 1. The van der Waals surface area contributed by atoms with Crippen LogP contribution in [0.5, 0.6) is 0 Å². The Hall–Kier alpha value is -1.86. The molecule has 0 bridgehead atoms. The third kappa shape index (κ3) is 5.57. The number of hydrogen-bond donors (Lipinski definition) is 3.